The average Bonchev–Trinajstić information content (AvgIpc) is 3.14. The summed E-state index contributed by atoms with van der Waals surface area (Å²) in [5.41, 5.74) is 3.58. The largest absolute Gasteiger partial charge is 0.317 e. The number of hydrogen-bond acceptors (Lipinski definition) is 4. The third-order valence-electron chi connectivity index (χ3n) is 5.46. The van der Waals surface area contributed by atoms with E-state index in [0.717, 1.165) is 53.6 Å². The molecule has 5 heteroatoms. The Bertz CT molecular complexity index is 759. The Morgan fingerprint density at radius 1 is 1.25 bits per heavy atom. The first-order valence-electron chi connectivity index (χ1n) is 8.63. The number of rotatable bonds is 3. The van der Waals surface area contributed by atoms with Crippen molar-refractivity contribution in [1.29, 1.82) is 0 Å². The fraction of sp³-hybridized carbons (Fsp3) is 0.474. The van der Waals surface area contributed by atoms with Crippen LogP contribution in [0.4, 0.5) is 5.13 Å². The number of nitrogens with zero attached hydrogens (tertiary/aromatic N) is 1. The lowest BCUT2D eigenvalue weighted by atomic mass is 9.92. The van der Waals surface area contributed by atoms with Gasteiger partial charge in [-0.05, 0) is 51.6 Å². The molecule has 2 aromatic rings. The molecular formula is C19H23N3OS. The van der Waals surface area contributed by atoms with Crippen molar-refractivity contribution in [3.8, 4) is 11.3 Å². The quantitative estimate of drug-likeness (QED) is 0.894. The molecule has 1 aliphatic heterocycles. The van der Waals surface area contributed by atoms with Crippen molar-refractivity contribution in [2.75, 3.05) is 18.4 Å². The summed E-state index contributed by atoms with van der Waals surface area (Å²) in [5.74, 6) is 0.327. The van der Waals surface area contributed by atoms with Gasteiger partial charge in [0.15, 0.2) is 5.13 Å². The van der Waals surface area contributed by atoms with E-state index >= 15 is 0 Å². The molecule has 4 nitrogen and oxygen atoms in total. The number of anilines is 1. The van der Waals surface area contributed by atoms with E-state index in [1.807, 2.05) is 0 Å². The first-order chi connectivity index (χ1) is 11.6. The van der Waals surface area contributed by atoms with Crippen LogP contribution in [0.25, 0.3) is 11.3 Å². The van der Waals surface area contributed by atoms with Gasteiger partial charge >= 0.3 is 0 Å². The average molecular weight is 341 g/mol. The van der Waals surface area contributed by atoms with Crippen molar-refractivity contribution in [1.82, 2.24) is 10.3 Å². The topological polar surface area (TPSA) is 54.0 Å². The van der Waals surface area contributed by atoms with E-state index in [4.69, 9.17) is 0 Å². The van der Waals surface area contributed by atoms with E-state index in [9.17, 15) is 4.79 Å². The lowest BCUT2D eigenvalue weighted by Crippen LogP contribution is -2.31. The fourth-order valence-corrected chi connectivity index (χ4v) is 4.66. The summed E-state index contributed by atoms with van der Waals surface area (Å²) in [7, 11) is 0. The minimum absolute atomic E-state index is 0.154. The molecule has 2 heterocycles. The Balaban J connectivity index is 1.47. The van der Waals surface area contributed by atoms with Crippen LogP contribution in [-0.4, -0.2) is 24.0 Å². The maximum Gasteiger partial charge on any atom is 0.229 e. The van der Waals surface area contributed by atoms with Crippen LogP contribution in [0.1, 0.15) is 29.7 Å². The Morgan fingerprint density at radius 2 is 1.96 bits per heavy atom. The maximum absolute atomic E-state index is 12.6. The third kappa shape index (κ3) is 2.87. The number of aryl methyl sites for hydroxylation is 2. The van der Waals surface area contributed by atoms with E-state index in [1.165, 1.54) is 5.56 Å². The zero-order valence-corrected chi connectivity index (χ0v) is 15.0. The van der Waals surface area contributed by atoms with Crippen LogP contribution < -0.4 is 10.6 Å². The number of hydrogen-bond donors (Lipinski definition) is 2. The molecule has 1 saturated heterocycles. The van der Waals surface area contributed by atoms with Gasteiger partial charge in [-0.3, -0.25) is 4.79 Å². The molecular weight excluding hydrogens is 318 g/mol. The lowest BCUT2D eigenvalue weighted by molar-refractivity contribution is -0.118. The summed E-state index contributed by atoms with van der Waals surface area (Å²) in [6.07, 6.45) is 3.28. The maximum atomic E-state index is 12.6. The molecule has 24 heavy (non-hydrogen) atoms. The van der Waals surface area contributed by atoms with Crippen molar-refractivity contribution in [3.63, 3.8) is 0 Å². The SMILES string of the molecule is Cc1ccc(-c2nc(NC(=O)C3CC34CCNCC4)sc2C)cc1. The molecule has 1 aromatic carbocycles. The standard InChI is InChI=1S/C19H23N3OS/c1-12-3-5-14(6-4-12)16-13(2)24-18(21-16)22-17(23)15-11-19(15)7-9-20-10-8-19/h3-6,15,20H,7-11H2,1-2H3,(H,21,22,23). The third-order valence-corrected chi connectivity index (χ3v) is 6.34. The smallest absolute Gasteiger partial charge is 0.229 e. The Morgan fingerprint density at radius 3 is 2.67 bits per heavy atom. The number of carbonyl (C=O) groups excluding carboxylic acids is 1. The summed E-state index contributed by atoms with van der Waals surface area (Å²) >= 11 is 1.57. The second-order valence-corrected chi connectivity index (χ2v) is 8.35. The van der Waals surface area contributed by atoms with Crippen LogP contribution in [0.3, 0.4) is 0 Å². The molecule has 0 bridgehead atoms. The predicted octanol–water partition coefficient (Wildman–Crippen LogP) is 3.76. The number of thiazole rings is 1. The fourth-order valence-electron chi connectivity index (χ4n) is 3.82. The van der Waals surface area contributed by atoms with Crippen LogP contribution in [0.15, 0.2) is 24.3 Å². The van der Waals surface area contributed by atoms with Gasteiger partial charge in [0, 0.05) is 16.4 Å². The highest BCUT2D eigenvalue weighted by Crippen LogP contribution is 2.58. The molecule has 4 rings (SSSR count). The number of aromatic nitrogens is 1. The van der Waals surface area contributed by atoms with Crippen LogP contribution in [0.5, 0.6) is 0 Å². The van der Waals surface area contributed by atoms with E-state index in [-0.39, 0.29) is 17.2 Å². The highest BCUT2D eigenvalue weighted by atomic mass is 32.1. The van der Waals surface area contributed by atoms with Gasteiger partial charge in [0.25, 0.3) is 0 Å². The zero-order chi connectivity index (χ0) is 16.7. The number of amides is 1. The summed E-state index contributed by atoms with van der Waals surface area (Å²) in [6, 6.07) is 8.37. The molecule has 2 fully saturated rings. The van der Waals surface area contributed by atoms with E-state index < -0.39 is 0 Å². The molecule has 1 unspecified atom stereocenters. The van der Waals surface area contributed by atoms with E-state index in [2.05, 4.69) is 53.7 Å². The van der Waals surface area contributed by atoms with Crippen LogP contribution >= 0.6 is 11.3 Å². The van der Waals surface area contributed by atoms with E-state index in [1.54, 1.807) is 11.3 Å². The lowest BCUT2D eigenvalue weighted by Gasteiger charge is -2.22. The molecule has 1 aromatic heterocycles. The highest BCUT2D eigenvalue weighted by Gasteiger charge is 2.57. The van der Waals surface area contributed by atoms with Crippen LogP contribution in [0.2, 0.25) is 0 Å². The minimum atomic E-state index is 0.154. The number of nitrogens with one attached hydrogen (secondary N) is 2. The van der Waals surface area contributed by atoms with Crippen molar-refractivity contribution in [2.45, 2.75) is 33.1 Å². The van der Waals surface area contributed by atoms with Gasteiger partial charge in [-0.15, -0.1) is 11.3 Å². The van der Waals surface area contributed by atoms with Crippen LogP contribution in [-0.2, 0) is 4.79 Å². The molecule has 0 radical (unpaired) electrons. The first-order valence-corrected chi connectivity index (χ1v) is 9.45. The second kappa shape index (κ2) is 5.97. The second-order valence-electron chi connectivity index (χ2n) is 7.15. The minimum Gasteiger partial charge on any atom is -0.317 e. The first kappa shape index (κ1) is 15.8. The van der Waals surface area contributed by atoms with E-state index in [0.29, 0.717) is 0 Å². The predicted molar refractivity (Wildman–Crippen MR) is 98.3 cm³/mol. The van der Waals surface area contributed by atoms with Crippen molar-refractivity contribution < 1.29 is 4.79 Å². The summed E-state index contributed by atoms with van der Waals surface area (Å²) in [5, 5.41) is 7.17. The number of carbonyl (C=O) groups is 1. The molecule has 1 saturated carbocycles. The monoisotopic (exact) mass is 341 g/mol. The van der Waals surface area contributed by atoms with Gasteiger partial charge in [-0.2, -0.15) is 0 Å². The van der Waals surface area contributed by atoms with Gasteiger partial charge < -0.3 is 10.6 Å². The molecule has 126 valence electrons. The molecule has 1 aliphatic carbocycles. The number of benzene rings is 1. The van der Waals surface area contributed by atoms with Crippen LogP contribution in [0, 0.1) is 25.2 Å². The molecule has 2 aliphatic rings. The molecule has 1 amide bonds. The van der Waals surface area contributed by atoms with Crippen molar-refractivity contribution in [2.24, 2.45) is 11.3 Å². The van der Waals surface area contributed by atoms with Gasteiger partial charge in [-0.1, -0.05) is 29.8 Å². The van der Waals surface area contributed by atoms with Gasteiger partial charge in [0.05, 0.1) is 5.69 Å². The van der Waals surface area contributed by atoms with Crippen molar-refractivity contribution >= 4 is 22.4 Å². The zero-order valence-electron chi connectivity index (χ0n) is 14.2. The normalized spacial score (nSPS) is 21.7. The molecule has 2 N–H and O–H groups in total. The van der Waals surface area contributed by atoms with Crippen molar-refractivity contribution in [3.05, 3.63) is 34.7 Å². The molecule has 1 spiro atoms. The summed E-state index contributed by atoms with van der Waals surface area (Å²) < 4.78 is 0. The van der Waals surface area contributed by atoms with Gasteiger partial charge in [-0.25, -0.2) is 4.98 Å². The summed E-state index contributed by atoms with van der Waals surface area (Å²) in [6.45, 7) is 6.22. The molecule has 1 atom stereocenters. The van der Waals surface area contributed by atoms with Gasteiger partial charge in [0.1, 0.15) is 0 Å². The van der Waals surface area contributed by atoms with Gasteiger partial charge in [0.2, 0.25) is 5.91 Å². The Labute approximate surface area is 146 Å². The Kier molecular flexibility index (Phi) is 3.93. The summed E-state index contributed by atoms with van der Waals surface area (Å²) in [4.78, 5) is 18.4. The number of piperidine rings is 1. The highest BCUT2D eigenvalue weighted by molar-refractivity contribution is 7.16. The Hall–Kier alpha value is -1.72.